The molecule has 0 amide bonds. The highest BCUT2D eigenvalue weighted by atomic mass is 35.5. The van der Waals surface area contributed by atoms with Crippen LogP contribution in [-0.2, 0) is 13.2 Å². The molecule has 2 aromatic rings. The Hall–Kier alpha value is -1.63. The second kappa shape index (κ2) is 3.99. The molecule has 0 radical (unpaired) electrons. The highest BCUT2D eigenvalue weighted by Gasteiger charge is 2.31. The van der Waals surface area contributed by atoms with E-state index in [0.29, 0.717) is 5.69 Å². The molecule has 0 aliphatic rings. The van der Waals surface area contributed by atoms with Crippen molar-refractivity contribution in [2.45, 2.75) is 6.18 Å². The lowest BCUT2D eigenvalue weighted by Gasteiger charge is -2.08. The van der Waals surface area contributed by atoms with Gasteiger partial charge in [0.2, 0.25) is 0 Å². The zero-order valence-corrected chi connectivity index (χ0v) is 9.29. The SMILES string of the molecule is Cn1nncc1-c1cc(C(F)(F)F)cc(Cl)n1. The summed E-state index contributed by atoms with van der Waals surface area (Å²) in [6.45, 7) is 0. The fourth-order valence-electron chi connectivity index (χ4n) is 1.31. The topological polar surface area (TPSA) is 43.6 Å². The molecule has 0 bridgehead atoms. The van der Waals surface area contributed by atoms with Crippen LogP contribution >= 0.6 is 11.6 Å². The summed E-state index contributed by atoms with van der Waals surface area (Å²) in [4.78, 5) is 3.82. The molecule has 4 nitrogen and oxygen atoms in total. The summed E-state index contributed by atoms with van der Waals surface area (Å²) in [6, 6.07) is 1.68. The maximum Gasteiger partial charge on any atom is 0.416 e. The maximum absolute atomic E-state index is 12.6. The first kappa shape index (κ1) is 11.8. The van der Waals surface area contributed by atoms with E-state index >= 15 is 0 Å². The van der Waals surface area contributed by atoms with Gasteiger partial charge in [0, 0.05) is 7.05 Å². The van der Waals surface area contributed by atoms with Gasteiger partial charge in [-0.2, -0.15) is 13.2 Å². The van der Waals surface area contributed by atoms with Gasteiger partial charge in [0.05, 0.1) is 17.5 Å². The molecule has 17 heavy (non-hydrogen) atoms. The van der Waals surface area contributed by atoms with Crippen LogP contribution in [-0.4, -0.2) is 20.0 Å². The Bertz CT molecular complexity index is 549. The largest absolute Gasteiger partial charge is 0.416 e. The first-order chi connectivity index (χ1) is 7.88. The molecule has 0 saturated heterocycles. The summed E-state index contributed by atoms with van der Waals surface area (Å²) in [7, 11) is 1.55. The van der Waals surface area contributed by atoms with E-state index in [4.69, 9.17) is 11.6 Å². The number of rotatable bonds is 1. The molecule has 0 N–H and O–H groups in total. The van der Waals surface area contributed by atoms with Gasteiger partial charge < -0.3 is 0 Å². The average molecular weight is 263 g/mol. The fraction of sp³-hybridized carbons (Fsp3) is 0.222. The van der Waals surface area contributed by atoms with Gasteiger partial charge in [-0.15, -0.1) is 5.10 Å². The normalized spacial score (nSPS) is 11.8. The Balaban J connectivity index is 2.57. The van der Waals surface area contributed by atoms with Crippen LogP contribution in [0.15, 0.2) is 18.3 Å². The van der Waals surface area contributed by atoms with E-state index in [-0.39, 0.29) is 10.8 Å². The molecular weight excluding hydrogens is 257 g/mol. The van der Waals surface area contributed by atoms with Gasteiger partial charge in [0.15, 0.2) is 0 Å². The zero-order valence-electron chi connectivity index (χ0n) is 8.53. The number of nitrogens with zero attached hydrogens (tertiary/aromatic N) is 4. The molecule has 0 atom stereocenters. The van der Waals surface area contributed by atoms with E-state index in [2.05, 4.69) is 15.3 Å². The summed E-state index contributed by atoms with van der Waals surface area (Å²) < 4.78 is 39.0. The first-order valence-electron chi connectivity index (χ1n) is 4.48. The van der Waals surface area contributed by atoms with Crippen molar-refractivity contribution in [3.05, 3.63) is 29.0 Å². The molecule has 2 heterocycles. The van der Waals surface area contributed by atoms with Crippen molar-refractivity contribution in [2.75, 3.05) is 0 Å². The summed E-state index contributed by atoms with van der Waals surface area (Å²) in [5, 5.41) is 6.96. The van der Waals surface area contributed by atoms with Crippen LogP contribution in [0.25, 0.3) is 11.4 Å². The number of aromatic nitrogens is 4. The van der Waals surface area contributed by atoms with Gasteiger partial charge in [-0.3, -0.25) is 0 Å². The summed E-state index contributed by atoms with van der Waals surface area (Å²) in [5.74, 6) is 0. The highest BCUT2D eigenvalue weighted by molar-refractivity contribution is 6.29. The van der Waals surface area contributed by atoms with Gasteiger partial charge in [-0.05, 0) is 12.1 Å². The molecule has 0 unspecified atom stereocenters. The van der Waals surface area contributed by atoms with Crippen LogP contribution in [0.2, 0.25) is 5.15 Å². The Morgan fingerprint density at radius 3 is 2.53 bits per heavy atom. The fourth-order valence-corrected chi connectivity index (χ4v) is 1.52. The molecular formula is C9H6ClF3N4. The molecule has 2 rings (SSSR count). The number of hydrogen-bond donors (Lipinski definition) is 0. The quantitative estimate of drug-likeness (QED) is 0.742. The van der Waals surface area contributed by atoms with Crippen LogP contribution in [0.4, 0.5) is 13.2 Å². The minimum absolute atomic E-state index is 0.0809. The Morgan fingerprint density at radius 2 is 2.00 bits per heavy atom. The van der Waals surface area contributed by atoms with E-state index in [0.717, 1.165) is 12.1 Å². The second-order valence-corrected chi connectivity index (χ2v) is 3.69. The molecule has 90 valence electrons. The van der Waals surface area contributed by atoms with E-state index in [1.807, 2.05) is 0 Å². The lowest BCUT2D eigenvalue weighted by atomic mass is 10.2. The summed E-state index contributed by atoms with van der Waals surface area (Å²) >= 11 is 5.56. The summed E-state index contributed by atoms with van der Waals surface area (Å²) in [6.07, 6.45) is -3.15. The zero-order chi connectivity index (χ0) is 12.6. The highest BCUT2D eigenvalue weighted by Crippen LogP contribution is 2.32. The third-order valence-electron chi connectivity index (χ3n) is 2.10. The third kappa shape index (κ3) is 2.38. The van der Waals surface area contributed by atoms with Crippen LogP contribution in [0, 0.1) is 0 Å². The van der Waals surface area contributed by atoms with Crippen LogP contribution < -0.4 is 0 Å². The molecule has 8 heteroatoms. The lowest BCUT2D eigenvalue weighted by Crippen LogP contribution is -2.06. The Kier molecular flexibility index (Phi) is 2.78. The number of aryl methyl sites for hydroxylation is 1. The van der Waals surface area contributed by atoms with Crippen molar-refractivity contribution < 1.29 is 13.2 Å². The van der Waals surface area contributed by atoms with Crippen LogP contribution in [0.5, 0.6) is 0 Å². The first-order valence-corrected chi connectivity index (χ1v) is 4.85. The van der Waals surface area contributed by atoms with Gasteiger partial charge in [-0.25, -0.2) is 9.67 Å². The van der Waals surface area contributed by atoms with E-state index in [1.54, 1.807) is 7.05 Å². The van der Waals surface area contributed by atoms with Crippen molar-refractivity contribution in [3.63, 3.8) is 0 Å². The lowest BCUT2D eigenvalue weighted by molar-refractivity contribution is -0.137. The Morgan fingerprint density at radius 1 is 1.29 bits per heavy atom. The van der Waals surface area contributed by atoms with Crippen molar-refractivity contribution in [1.29, 1.82) is 0 Å². The van der Waals surface area contributed by atoms with E-state index < -0.39 is 11.7 Å². The minimum Gasteiger partial charge on any atom is -0.246 e. The van der Waals surface area contributed by atoms with Gasteiger partial charge in [0.1, 0.15) is 10.8 Å². The van der Waals surface area contributed by atoms with Crippen molar-refractivity contribution in [1.82, 2.24) is 20.0 Å². The minimum atomic E-state index is -4.46. The molecule has 0 fully saturated rings. The van der Waals surface area contributed by atoms with Crippen molar-refractivity contribution in [2.24, 2.45) is 7.05 Å². The molecule has 0 aromatic carbocycles. The van der Waals surface area contributed by atoms with Gasteiger partial charge >= 0.3 is 6.18 Å². The number of alkyl halides is 3. The third-order valence-corrected chi connectivity index (χ3v) is 2.29. The molecule has 0 spiro atoms. The van der Waals surface area contributed by atoms with E-state index in [9.17, 15) is 13.2 Å². The van der Waals surface area contributed by atoms with Crippen LogP contribution in [0.3, 0.4) is 0 Å². The van der Waals surface area contributed by atoms with Crippen LogP contribution in [0.1, 0.15) is 5.56 Å². The standard InChI is InChI=1S/C9H6ClF3N4/c1-17-7(4-14-16-17)6-2-5(9(11,12)13)3-8(10)15-6/h2-4H,1H3. The number of halogens is 4. The monoisotopic (exact) mass is 262 g/mol. The Labute approximate surface area is 99.0 Å². The summed E-state index contributed by atoms with van der Waals surface area (Å²) in [5.41, 5.74) is -0.413. The molecule has 0 saturated carbocycles. The van der Waals surface area contributed by atoms with E-state index in [1.165, 1.54) is 10.9 Å². The number of pyridine rings is 1. The van der Waals surface area contributed by atoms with Crippen molar-refractivity contribution >= 4 is 11.6 Å². The molecule has 0 aliphatic carbocycles. The predicted molar refractivity (Wildman–Crippen MR) is 54.2 cm³/mol. The molecule has 2 aromatic heterocycles. The smallest absolute Gasteiger partial charge is 0.246 e. The van der Waals surface area contributed by atoms with Crippen molar-refractivity contribution in [3.8, 4) is 11.4 Å². The molecule has 0 aliphatic heterocycles. The average Bonchev–Trinajstić information content (AvgIpc) is 2.62. The second-order valence-electron chi connectivity index (χ2n) is 3.30. The number of hydrogen-bond acceptors (Lipinski definition) is 3. The van der Waals surface area contributed by atoms with Gasteiger partial charge in [-0.1, -0.05) is 16.8 Å². The van der Waals surface area contributed by atoms with Gasteiger partial charge in [0.25, 0.3) is 0 Å². The maximum atomic E-state index is 12.6. The predicted octanol–water partition coefficient (Wildman–Crippen LogP) is 2.55.